The summed E-state index contributed by atoms with van der Waals surface area (Å²) in [6.45, 7) is 0. The molecule has 0 atom stereocenters. The molecule has 3 heteroatoms. The second kappa shape index (κ2) is 13.8. The summed E-state index contributed by atoms with van der Waals surface area (Å²) in [5.74, 6) is 0. The van der Waals surface area contributed by atoms with Gasteiger partial charge in [0, 0.05) is 33.0 Å². The van der Waals surface area contributed by atoms with E-state index < -0.39 is 0 Å². The predicted octanol–water partition coefficient (Wildman–Crippen LogP) is 15.0. The molecule has 0 spiro atoms. The van der Waals surface area contributed by atoms with E-state index in [0.717, 1.165) is 78.0 Å². The first-order valence-electron chi connectivity index (χ1n) is 20.4. The van der Waals surface area contributed by atoms with Gasteiger partial charge in [0.1, 0.15) is 0 Å². The predicted molar refractivity (Wildman–Crippen MR) is 249 cm³/mol. The molecule has 3 aromatic heterocycles. The van der Waals surface area contributed by atoms with E-state index in [-0.39, 0.29) is 0 Å². The number of hydrogen-bond acceptors (Lipinski definition) is 3. The number of aromatic nitrogens is 3. The van der Waals surface area contributed by atoms with E-state index in [2.05, 4.69) is 200 Å². The molecule has 0 unspecified atom stereocenters. The van der Waals surface area contributed by atoms with E-state index in [1.807, 2.05) is 12.1 Å². The van der Waals surface area contributed by atoms with Crippen LogP contribution in [0.4, 0.5) is 0 Å². The highest BCUT2D eigenvalue weighted by Crippen LogP contribution is 2.49. The number of hydrogen-bond donors (Lipinski definition) is 0. The maximum absolute atomic E-state index is 5.34. The van der Waals surface area contributed by atoms with Crippen molar-refractivity contribution in [2.75, 3.05) is 0 Å². The third kappa shape index (κ3) is 5.71. The molecule has 0 fully saturated rings. The zero-order valence-electron chi connectivity index (χ0n) is 32.5. The standard InChI is InChI=1S/C57H35N3/c1-3-12-36(13-4-1)53-34-44(35-54(58-53)37-14-5-2-6-15-37)40-16-9-18-42(32-40)51-30-26-38-24-25-39-27-31-52(60-57(39)56(38)59-51)43-19-10-17-41(33-43)45-28-29-50-47-21-8-7-20-46(47)49-23-11-22-48(45)55(49)50/h1-35H. The number of benzene rings is 8. The van der Waals surface area contributed by atoms with Gasteiger partial charge in [-0.1, -0.05) is 176 Å². The van der Waals surface area contributed by atoms with Gasteiger partial charge in [-0.25, -0.2) is 15.0 Å². The van der Waals surface area contributed by atoms with Crippen molar-refractivity contribution in [3.8, 4) is 89.5 Å². The molecule has 60 heavy (non-hydrogen) atoms. The first-order valence-corrected chi connectivity index (χ1v) is 20.4. The topological polar surface area (TPSA) is 38.7 Å². The zero-order chi connectivity index (χ0) is 39.6. The molecule has 0 N–H and O–H groups in total. The van der Waals surface area contributed by atoms with Crippen LogP contribution in [0.15, 0.2) is 212 Å². The van der Waals surface area contributed by atoms with Gasteiger partial charge in [-0.2, -0.15) is 0 Å². The summed E-state index contributed by atoms with van der Waals surface area (Å²) in [5.41, 5.74) is 19.6. The van der Waals surface area contributed by atoms with Crippen LogP contribution in [0.25, 0.3) is 122 Å². The molecule has 0 bridgehead atoms. The maximum atomic E-state index is 5.34. The fraction of sp³-hybridized carbons (Fsp3) is 0. The molecule has 1 aliphatic rings. The second-order valence-corrected chi connectivity index (χ2v) is 15.6. The summed E-state index contributed by atoms with van der Waals surface area (Å²) in [6, 6.07) is 75.5. The van der Waals surface area contributed by atoms with Gasteiger partial charge in [-0.15, -0.1) is 0 Å². The molecule has 0 saturated carbocycles. The van der Waals surface area contributed by atoms with Crippen molar-refractivity contribution < 1.29 is 0 Å². The first kappa shape index (κ1) is 34.1. The van der Waals surface area contributed by atoms with Gasteiger partial charge < -0.3 is 0 Å². The van der Waals surface area contributed by atoms with Crippen molar-refractivity contribution in [1.82, 2.24) is 15.0 Å². The van der Waals surface area contributed by atoms with Crippen LogP contribution in [0, 0.1) is 0 Å². The smallest absolute Gasteiger partial charge is 0.0972 e. The Hall–Kier alpha value is -8.01. The number of fused-ring (bicyclic) bond motifs is 6. The van der Waals surface area contributed by atoms with Crippen LogP contribution in [-0.2, 0) is 0 Å². The summed E-state index contributed by atoms with van der Waals surface area (Å²) in [6.07, 6.45) is 0. The third-order valence-corrected chi connectivity index (χ3v) is 12.0. The zero-order valence-corrected chi connectivity index (χ0v) is 32.5. The average Bonchev–Trinajstić information content (AvgIpc) is 3.66. The van der Waals surface area contributed by atoms with Crippen molar-refractivity contribution >= 4 is 32.6 Å². The monoisotopic (exact) mass is 761 g/mol. The summed E-state index contributed by atoms with van der Waals surface area (Å²) < 4.78 is 0. The van der Waals surface area contributed by atoms with Crippen molar-refractivity contribution in [2.45, 2.75) is 0 Å². The average molecular weight is 762 g/mol. The second-order valence-electron chi connectivity index (χ2n) is 15.6. The van der Waals surface area contributed by atoms with Gasteiger partial charge in [-0.05, 0) is 91.7 Å². The van der Waals surface area contributed by atoms with E-state index in [1.54, 1.807) is 0 Å². The molecule has 11 aromatic rings. The SMILES string of the molecule is c1ccc(-c2cc(-c3cccc(-c4ccc5ccc6ccc(-c7cccc(-c8ccc9c%10c(cccc8%10)-c8ccccc8-9)c7)nc6c5n4)c3)cc(-c3ccccc3)n2)cc1. The van der Waals surface area contributed by atoms with Crippen LogP contribution in [0.2, 0.25) is 0 Å². The number of rotatable bonds is 6. The number of nitrogens with zero attached hydrogens (tertiary/aromatic N) is 3. The van der Waals surface area contributed by atoms with Gasteiger partial charge in [0.2, 0.25) is 0 Å². The fourth-order valence-electron chi connectivity index (χ4n) is 9.06. The minimum Gasteiger partial charge on any atom is -0.248 e. The Morgan fingerprint density at radius 2 is 0.683 bits per heavy atom. The normalized spacial score (nSPS) is 11.7. The lowest BCUT2D eigenvalue weighted by Crippen LogP contribution is -1.93. The quantitative estimate of drug-likeness (QED) is 0.158. The highest BCUT2D eigenvalue weighted by molar-refractivity contribution is 6.18. The minimum absolute atomic E-state index is 0.891. The van der Waals surface area contributed by atoms with Crippen molar-refractivity contribution in [2.24, 2.45) is 0 Å². The Balaban J connectivity index is 0.932. The molecule has 3 heterocycles. The molecule has 0 saturated heterocycles. The van der Waals surface area contributed by atoms with Crippen LogP contribution in [0.1, 0.15) is 0 Å². The summed E-state index contributed by atoms with van der Waals surface area (Å²) >= 11 is 0. The highest BCUT2D eigenvalue weighted by Gasteiger charge is 2.22. The number of pyridine rings is 3. The van der Waals surface area contributed by atoms with Crippen molar-refractivity contribution in [1.29, 1.82) is 0 Å². The van der Waals surface area contributed by atoms with Gasteiger partial charge in [-0.3, -0.25) is 0 Å². The Labute approximate surface area is 348 Å². The molecule has 1 aliphatic carbocycles. The Kier molecular flexibility index (Phi) is 7.85. The first-order chi connectivity index (χ1) is 29.7. The molecule has 3 nitrogen and oxygen atoms in total. The Bertz CT molecular complexity index is 3390. The van der Waals surface area contributed by atoms with E-state index in [1.165, 1.54) is 44.2 Å². The van der Waals surface area contributed by atoms with Crippen LogP contribution >= 0.6 is 0 Å². The van der Waals surface area contributed by atoms with Gasteiger partial charge >= 0.3 is 0 Å². The highest BCUT2D eigenvalue weighted by atomic mass is 14.8. The largest absolute Gasteiger partial charge is 0.248 e. The van der Waals surface area contributed by atoms with Gasteiger partial charge in [0.05, 0.1) is 33.8 Å². The Morgan fingerprint density at radius 1 is 0.233 bits per heavy atom. The van der Waals surface area contributed by atoms with Crippen LogP contribution in [-0.4, -0.2) is 15.0 Å². The lowest BCUT2D eigenvalue weighted by Gasteiger charge is -2.12. The molecule has 278 valence electrons. The fourth-order valence-corrected chi connectivity index (χ4v) is 9.06. The van der Waals surface area contributed by atoms with E-state index >= 15 is 0 Å². The van der Waals surface area contributed by atoms with Crippen molar-refractivity contribution in [3.05, 3.63) is 212 Å². The third-order valence-electron chi connectivity index (χ3n) is 12.0. The molecular formula is C57H35N3. The molecule has 12 rings (SSSR count). The Morgan fingerprint density at radius 3 is 1.30 bits per heavy atom. The van der Waals surface area contributed by atoms with E-state index in [9.17, 15) is 0 Å². The molecule has 0 radical (unpaired) electrons. The minimum atomic E-state index is 0.891. The van der Waals surface area contributed by atoms with Crippen LogP contribution in [0.5, 0.6) is 0 Å². The maximum Gasteiger partial charge on any atom is 0.0972 e. The van der Waals surface area contributed by atoms with Gasteiger partial charge in [0.15, 0.2) is 0 Å². The molecular weight excluding hydrogens is 727 g/mol. The summed E-state index contributed by atoms with van der Waals surface area (Å²) in [4.78, 5) is 15.8. The summed E-state index contributed by atoms with van der Waals surface area (Å²) in [7, 11) is 0. The van der Waals surface area contributed by atoms with Gasteiger partial charge in [0.25, 0.3) is 0 Å². The van der Waals surface area contributed by atoms with E-state index in [4.69, 9.17) is 15.0 Å². The lowest BCUT2D eigenvalue weighted by atomic mass is 9.93. The summed E-state index contributed by atoms with van der Waals surface area (Å²) in [5, 5.41) is 4.73. The lowest BCUT2D eigenvalue weighted by molar-refractivity contribution is 1.32. The molecule has 0 aliphatic heterocycles. The van der Waals surface area contributed by atoms with Crippen LogP contribution < -0.4 is 0 Å². The van der Waals surface area contributed by atoms with E-state index in [0.29, 0.717) is 0 Å². The van der Waals surface area contributed by atoms with Crippen LogP contribution in [0.3, 0.4) is 0 Å². The molecule has 8 aromatic carbocycles. The van der Waals surface area contributed by atoms with Crippen molar-refractivity contribution in [3.63, 3.8) is 0 Å². The molecule has 0 amide bonds.